The lowest BCUT2D eigenvalue weighted by atomic mass is 9.65. The Morgan fingerprint density at radius 2 is 1.52 bits per heavy atom. The minimum absolute atomic E-state index is 0.354. The monoisotopic (exact) mass is 427 g/mol. The van der Waals surface area contributed by atoms with Gasteiger partial charge in [0.15, 0.2) is 0 Å². The summed E-state index contributed by atoms with van der Waals surface area (Å²) >= 11 is 0. The van der Waals surface area contributed by atoms with Gasteiger partial charge in [-0.05, 0) is 61.3 Å². The van der Waals surface area contributed by atoms with E-state index >= 15 is 0 Å². The molecule has 1 aliphatic heterocycles. The number of rotatable bonds is 8. The molecule has 2 aliphatic carbocycles. The lowest BCUT2D eigenvalue weighted by Gasteiger charge is -2.40. The third-order valence-electron chi connectivity index (χ3n) is 7.71. The number of nitrogens with zero attached hydrogens (tertiary/aromatic N) is 1. The van der Waals surface area contributed by atoms with Crippen molar-refractivity contribution < 1.29 is 0 Å². The maximum atomic E-state index is 4.56. The molecule has 3 rings (SSSR count). The molecule has 0 radical (unpaired) electrons. The Kier molecular flexibility index (Phi) is 13.2. The first kappa shape index (κ1) is 27.8. The maximum Gasteiger partial charge on any atom is 0.0363 e. The second kappa shape index (κ2) is 14.8. The summed E-state index contributed by atoms with van der Waals surface area (Å²) in [6.45, 7) is 26.2. The second-order valence-electron chi connectivity index (χ2n) is 9.68. The van der Waals surface area contributed by atoms with E-state index in [9.17, 15) is 0 Å². The zero-order chi connectivity index (χ0) is 23.3. The molecule has 1 heterocycles. The molecule has 1 unspecified atom stereocenters. The highest BCUT2D eigenvalue weighted by atomic mass is 15.1. The van der Waals surface area contributed by atoms with Crippen molar-refractivity contribution in [3.63, 3.8) is 0 Å². The van der Waals surface area contributed by atoms with Crippen molar-refractivity contribution in [2.45, 2.75) is 112 Å². The molecule has 3 fully saturated rings. The second-order valence-corrected chi connectivity index (χ2v) is 9.68. The molecule has 0 aromatic rings. The van der Waals surface area contributed by atoms with Crippen LogP contribution in [0.15, 0.2) is 48.7 Å². The molecule has 0 spiro atoms. The number of allylic oxidation sites excluding steroid dienone is 3. The molecule has 31 heavy (non-hydrogen) atoms. The molecule has 1 saturated heterocycles. The molecule has 1 heteroatoms. The van der Waals surface area contributed by atoms with E-state index in [1.165, 1.54) is 88.2 Å². The van der Waals surface area contributed by atoms with Gasteiger partial charge in [-0.15, -0.1) is 0 Å². The number of piperidine rings is 1. The predicted octanol–water partition coefficient (Wildman–Crippen LogP) is 9.48. The fourth-order valence-electron chi connectivity index (χ4n) is 5.14. The highest BCUT2D eigenvalue weighted by Crippen LogP contribution is 2.47. The van der Waals surface area contributed by atoms with E-state index < -0.39 is 0 Å². The highest BCUT2D eigenvalue weighted by molar-refractivity contribution is 5.38. The Bertz CT molecular complexity index is 565. The van der Waals surface area contributed by atoms with Gasteiger partial charge < -0.3 is 4.90 Å². The Morgan fingerprint density at radius 3 is 1.94 bits per heavy atom. The van der Waals surface area contributed by atoms with Gasteiger partial charge in [0.05, 0.1) is 0 Å². The van der Waals surface area contributed by atoms with E-state index in [0.29, 0.717) is 11.3 Å². The lowest BCUT2D eigenvalue weighted by molar-refractivity contribution is 0.218. The van der Waals surface area contributed by atoms with Crippen molar-refractivity contribution in [3.8, 4) is 0 Å². The Balaban J connectivity index is 0.000000589. The minimum Gasteiger partial charge on any atom is -0.372 e. The molecule has 178 valence electrons. The van der Waals surface area contributed by atoms with Gasteiger partial charge in [-0.3, -0.25) is 0 Å². The summed E-state index contributed by atoms with van der Waals surface area (Å²) in [6, 6.07) is 0. The van der Waals surface area contributed by atoms with Crippen molar-refractivity contribution in [1.82, 2.24) is 4.90 Å². The van der Waals surface area contributed by atoms with Crippen LogP contribution in [0.1, 0.15) is 112 Å². The summed E-state index contributed by atoms with van der Waals surface area (Å²) in [6.07, 6.45) is 20.7. The Hall–Kier alpha value is -1.24. The first-order valence-electron chi connectivity index (χ1n) is 13.4. The molecule has 0 amide bonds. The van der Waals surface area contributed by atoms with Crippen molar-refractivity contribution >= 4 is 0 Å². The van der Waals surface area contributed by atoms with Crippen LogP contribution in [0.2, 0.25) is 0 Å². The summed E-state index contributed by atoms with van der Waals surface area (Å²) in [5.74, 6) is 1.52. The van der Waals surface area contributed by atoms with Gasteiger partial charge in [0.1, 0.15) is 0 Å². The van der Waals surface area contributed by atoms with Gasteiger partial charge in [-0.1, -0.05) is 111 Å². The Morgan fingerprint density at radius 1 is 0.968 bits per heavy atom. The summed E-state index contributed by atoms with van der Waals surface area (Å²) in [5, 5.41) is 0. The zero-order valence-corrected chi connectivity index (χ0v) is 21.8. The van der Waals surface area contributed by atoms with Crippen LogP contribution in [-0.2, 0) is 0 Å². The smallest absolute Gasteiger partial charge is 0.0363 e. The van der Waals surface area contributed by atoms with Gasteiger partial charge >= 0.3 is 0 Å². The largest absolute Gasteiger partial charge is 0.372 e. The van der Waals surface area contributed by atoms with Gasteiger partial charge in [0.25, 0.3) is 0 Å². The molecule has 0 aromatic heterocycles. The normalized spacial score (nSPS) is 21.6. The third kappa shape index (κ3) is 8.66. The van der Waals surface area contributed by atoms with Crippen molar-refractivity contribution in [1.29, 1.82) is 0 Å². The first-order chi connectivity index (χ1) is 15.0. The number of hydrogen-bond donors (Lipinski definition) is 0. The molecule has 1 atom stereocenters. The van der Waals surface area contributed by atoms with Crippen LogP contribution in [0.3, 0.4) is 0 Å². The lowest BCUT2D eigenvalue weighted by Crippen LogP contribution is -2.30. The van der Waals surface area contributed by atoms with Gasteiger partial charge in [0, 0.05) is 18.8 Å². The molecule has 0 aromatic carbocycles. The molecule has 0 bridgehead atoms. The van der Waals surface area contributed by atoms with Crippen LogP contribution in [0.4, 0.5) is 0 Å². The summed E-state index contributed by atoms with van der Waals surface area (Å²) in [7, 11) is 0. The van der Waals surface area contributed by atoms with E-state index in [4.69, 9.17) is 0 Å². The number of hydrogen-bond acceptors (Lipinski definition) is 1. The molecule has 1 nitrogen and oxygen atoms in total. The van der Waals surface area contributed by atoms with Crippen LogP contribution >= 0.6 is 0 Å². The highest BCUT2D eigenvalue weighted by Gasteiger charge is 2.34. The summed E-state index contributed by atoms with van der Waals surface area (Å²) in [5.41, 5.74) is 4.13. The minimum atomic E-state index is 0.354. The zero-order valence-electron chi connectivity index (χ0n) is 21.8. The van der Waals surface area contributed by atoms with Crippen LogP contribution in [0.25, 0.3) is 0 Å². The van der Waals surface area contributed by atoms with E-state index in [2.05, 4.69) is 51.5 Å². The standard InChI is InChI=1S/C23H37N.C5H10.C2H6/c1-6-22(21(5)24-16-12-9-13-17-24)18-19(3)20(4)23(7-2)14-10-8-11-15-23;1-2-5-3-4-5;1-2/h6,18-19H,1,4-5,7-17H2,2-3H3;5H,2-4H2,1H3;1-2H3/b22-18+;;. The van der Waals surface area contributed by atoms with Crippen LogP contribution in [0.5, 0.6) is 0 Å². The topological polar surface area (TPSA) is 3.24 Å². The van der Waals surface area contributed by atoms with Crippen LogP contribution in [-0.4, -0.2) is 18.0 Å². The van der Waals surface area contributed by atoms with Gasteiger partial charge in [-0.25, -0.2) is 0 Å². The average molecular weight is 428 g/mol. The van der Waals surface area contributed by atoms with E-state index in [-0.39, 0.29) is 0 Å². The summed E-state index contributed by atoms with van der Waals surface area (Å²) < 4.78 is 0. The van der Waals surface area contributed by atoms with Gasteiger partial charge in [-0.2, -0.15) is 0 Å². The van der Waals surface area contributed by atoms with Crippen molar-refractivity contribution in [2.75, 3.05) is 13.1 Å². The fraction of sp³-hybridized carbons (Fsp3) is 0.733. The van der Waals surface area contributed by atoms with E-state index in [1.807, 2.05) is 19.9 Å². The summed E-state index contributed by atoms with van der Waals surface area (Å²) in [4.78, 5) is 2.43. The molecule has 3 aliphatic rings. The van der Waals surface area contributed by atoms with E-state index in [0.717, 1.165) is 24.7 Å². The average Bonchev–Trinajstić information content (AvgIpc) is 3.69. The Labute approximate surface area is 195 Å². The molecular weight excluding hydrogens is 374 g/mol. The quantitative estimate of drug-likeness (QED) is 0.275. The van der Waals surface area contributed by atoms with E-state index in [1.54, 1.807) is 0 Å². The fourth-order valence-corrected chi connectivity index (χ4v) is 5.14. The van der Waals surface area contributed by atoms with Crippen LogP contribution < -0.4 is 0 Å². The first-order valence-corrected chi connectivity index (χ1v) is 13.4. The molecule has 2 saturated carbocycles. The SMILES string of the molecule is C=C/C(=C\C(C)C(=C)C1(CC)CCCCC1)C(=C)N1CCCCC1.CC.CCC1CC1. The molecular formula is C30H53N. The van der Waals surface area contributed by atoms with Crippen molar-refractivity contribution in [2.24, 2.45) is 17.3 Å². The number of likely N-dealkylation sites (tertiary alicyclic amines) is 1. The van der Waals surface area contributed by atoms with Crippen molar-refractivity contribution in [3.05, 3.63) is 48.7 Å². The van der Waals surface area contributed by atoms with Gasteiger partial charge in [0.2, 0.25) is 0 Å². The third-order valence-corrected chi connectivity index (χ3v) is 7.71. The predicted molar refractivity (Wildman–Crippen MR) is 141 cm³/mol. The molecule has 0 N–H and O–H groups in total. The maximum absolute atomic E-state index is 4.56. The van der Waals surface area contributed by atoms with Crippen LogP contribution in [0, 0.1) is 17.3 Å².